The average Bonchev–Trinajstić information content (AvgIpc) is 3.35. The van der Waals surface area contributed by atoms with Crippen molar-refractivity contribution in [1.29, 1.82) is 0 Å². The van der Waals surface area contributed by atoms with Gasteiger partial charge < -0.3 is 10.6 Å². The molecule has 4 N–H and O–H groups in total. The van der Waals surface area contributed by atoms with Crippen molar-refractivity contribution in [3.05, 3.63) is 64.7 Å². The van der Waals surface area contributed by atoms with Gasteiger partial charge in [-0.05, 0) is 54.7 Å². The van der Waals surface area contributed by atoms with Gasteiger partial charge in [0.1, 0.15) is 0 Å². The SMILES string of the molecule is NS(=O)(=O)c1ccc(CCNC(=O)NC2(c3ccc(Cl)cc3)CC2)cc1. The number of nitrogens with one attached hydrogen (secondary N) is 2. The highest BCUT2D eigenvalue weighted by Crippen LogP contribution is 2.45. The highest BCUT2D eigenvalue weighted by molar-refractivity contribution is 7.89. The Hall–Kier alpha value is -2.09. The normalized spacial score (nSPS) is 15.3. The van der Waals surface area contributed by atoms with E-state index in [1.165, 1.54) is 12.1 Å². The van der Waals surface area contributed by atoms with E-state index in [1.54, 1.807) is 12.1 Å². The molecule has 3 rings (SSSR count). The van der Waals surface area contributed by atoms with Crippen molar-refractivity contribution in [2.24, 2.45) is 5.14 Å². The van der Waals surface area contributed by atoms with Crippen molar-refractivity contribution in [1.82, 2.24) is 10.6 Å². The Balaban J connectivity index is 1.49. The maximum Gasteiger partial charge on any atom is 0.315 e. The first-order valence-corrected chi connectivity index (χ1v) is 10.1. The minimum Gasteiger partial charge on any atom is -0.338 e. The highest BCUT2D eigenvalue weighted by Gasteiger charge is 2.45. The molecule has 1 fully saturated rings. The van der Waals surface area contributed by atoms with E-state index in [4.69, 9.17) is 16.7 Å². The second kappa shape index (κ2) is 7.26. The minimum atomic E-state index is -3.68. The van der Waals surface area contributed by atoms with Gasteiger partial charge in [0.2, 0.25) is 10.0 Å². The van der Waals surface area contributed by atoms with Gasteiger partial charge in [-0.3, -0.25) is 0 Å². The molecule has 8 heteroatoms. The molecule has 1 saturated carbocycles. The van der Waals surface area contributed by atoms with Gasteiger partial charge in [-0.1, -0.05) is 35.9 Å². The van der Waals surface area contributed by atoms with Gasteiger partial charge in [0, 0.05) is 11.6 Å². The third kappa shape index (κ3) is 4.55. The third-order valence-corrected chi connectivity index (χ3v) is 5.63. The molecule has 0 bridgehead atoms. The standard InChI is InChI=1S/C18H20ClN3O3S/c19-15-5-3-14(4-6-15)18(10-11-18)22-17(23)21-12-9-13-1-7-16(8-2-13)26(20,24)25/h1-8H,9-12H2,(H2,20,24,25)(H2,21,22,23). The molecule has 0 unspecified atom stereocenters. The molecule has 0 aliphatic heterocycles. The largest absolute Gasteiger partial charge is 0.338 e. The van der Waals surface area contributed by atoms with Gasteiger partial charge in [0.25, 0.3) is 0 Å². The Bertz CT molecular complexity index is 892. The second-order valence-electron chi connectivity index (χ2n) is 6.41. The van der Waals surface area contributed by atoms with Gasteiger partial charge in [-0.15, -0.1) is 0 Å². The van der Waals surface area contributed by atoms with E-state index >= 15 is 0 Å². The summed E-state index contributed by atoms with van der Waals surface area (Å²) in [6.45, 7) is 0.442. The zero-order valence-corrected chi connectivity index (χ0v) is 15.6. The summed E-state index contributed by atoms with van der Waals surface area (Å²) in [4.78, 5) is 12.2. The number of sulfonamides is 1. The number of primary sulfonamides is 1. The number of hydrogen-bond donors (Lipinski definition) is 3. The number of carbonyl (C=O) groups is 1. The number of carbonyl (C=O) groups excluding carboxylic acids is 1. The van der Waals surface area contributed by atoms with E-state index in [0.717, 1.165) is 24.0 Å². The first-order chi connectivity index (χ1) is 12.3. The third-order valence-electron chi connectivity index (χ3n) is 4.45. The van der Waals surface area contributed by atoms with Crippen LogP contribution in [-0.4, -0.2) is 21.0 Å². The molecule has 0 radical (unpaired) electrons. The first-order valence-electron chi connectivity index (χ1n) is 8.22. The summed E-state index contributed by atoms with van der Waals surface area (Å²) in [6.07, 6.45) is 2.39. The molecule has 0 aromatic heterocycles. The summed E-state index contributed by atoms with van der Waals surface area (Å²) < 4.78 is 22.5. The summed E-state index contributed by atoms with van der Waals surface area (Å²) in [6, 6.07) is 13.6. The molecule has 2 amide bonds. The highest BCUT2D eigenvalue weighted by atomic mass is 35.5. The van der Waals surface area contributed by atoms with Crippen LogP contribution < -0.4 is 15.8 Å². The van der Waals surface area contributed by atoms with Gasteiger partial charge in [-0.2, -0.15) is 0 Å². The number of hydrogen-bond acceptors (Lipinski definition) is 3. The summed E-state index contributed by atoms with van der Waals surface area (Å²) in [5, 5.41) is 11.6. The van der Waals surface area contributed by atoms with Crippen LogP contribution in [0.3, 0.4) is 0 Å². The molecular weight excluding hydrogens is 374 g/mol. The fourth-order valence-corrected chi connectivity index (χ4v) is 3.45. The minimum absolute atomic E-state index is 0.0746. The van der Waals surface area contributed by atoms with Crippen molar-refractivity contribution >= 4 is 27.7 Å². The smallest absolute Gasteiger partial charge is 0.315 e. The number of amides is 2. The monoisotopic (exact) mass is 393 g/mol. The second-order valence-corrected chi connectivity index (χ2v) is 8.41. The van der Waals surface area contributed by atoms with Gasteiger partial charge >= 0.3 is 6.03 Å². The summed E-state index contributed by atoms with van der Waals surface area (Å²) in [5.41, 5.74) is 1.67. The van der Waals surface area contributed by atoms with E-state index in [1.807, 2.05) is 24.3 Å². The summed E-state index contributed by atoms with van der Waals surface area (Å²) in [5.74, 6) is 0. The number of benzene rings is 2. The van der Waals surface area contributed by atoms with Crippen LogP contribution in [0.4, 0.5) is 4.79 Å². The molecule has 0 atom stereocenters. The first kappa shape index (κ1) is 18.7. The molecule has 138 valence electrons. The number of urea groups is 1. The van der Waals surface area contributed by atoms with E-state index in [9.17, 15) is 13.2 Å². The topological polar surface area (TPSA) is 101 Å². The van der Waals surface area contributed by atoms with Gasteiger partial charge in [0.05, 0.1) is 10.4 Å². The molecule has 0 heterocycles. The molecule has 6 nitrogen and oxygen atoms in total. The molecule has 1 aliphatic carbocycles. The van der Waals surface area contributed by atoms with Crippen LogP contribution in [0.15, 0.2) is 53.4 Å². The van der Waals surface area contributed by atoms with Crippen LogP contribution in [0.25, 0.3) is 0 Å². The Kier molecular flexibility index (Phi) is 5.22. The average molecular weight is 394 g/mol. The number of nitrogens with two attached hydrogens (primary N) is 1. The molecule has 0 spiro atoms. The van der Waals surface area contributed by atoms with E-state index in [2.05, 4.69) is 10.6 Å². The van der Waals surface area contributed by atoms with E-state index in [-0.39, 0.29) is 16.5 Å². The van der Waals surface area contributed by atoms with Crippen molar-refractivity contribution in [3.8, 4) is 0 Å². The maximum absolute atomic E-state index is 12.2. The molecule has 1 aliphatic rings. The van der Waals surface area contributed by atoms with Crippen LogP contribution >= 0.6 is 11.6 Å². The van der Waals surface area contributed by atoms with Crippen LogP contribution in [-0.2, 0) is 22.0 Å². The maximum atomic E-state index is 12.2. The van der Waals surface area contributed by atoms with Crippen LogP contribution in [0.1, 0.15) is 24.0 Å². The van der Waals surface area contributed by atoms with Gasteiger partial charge in [-0.25, -0.2) is 18.4 Å². The van der Waals surface area contributed by atoms with E-state index in [0.29, 0.717) is 18.0 Å². The molecular formula is C18H20ClN3O3S. The van der Waals surface area contributed by atoms with Crippen molar-refractivity contribution in [2.45, 2.75) is 29.7 Å². The number of halogens is 1. The lowest BCUT2D eigenvalue weighted by atomic mass is 10.1. The fourth-order valence-electron chi connectivity index (χ4n) is 2.81. The Morgan fingerprint density at radius 2 is 1.69 bits per heavy atom. The number of rotatable bonds is 6. The van der Waals surface area contributed by atoms with Crippen LogP contribution in [0.5, 0.6) is 0 Å². The van der Waals surface area contributed by atoms with Crippen molar-refractivity contribution < 1.29 is 13.2 Å². The molecule has 2 aromatic carbocycles. The van der Waals surface area contributed by atoms with E-state index < -0.39 is 10.0 Å². The quantitative estimate of drug-likeness (QED) is 0.702. The fraction of sp³-hybridized carbons (Fsp3) is 0.278. The van der Waals surface area contributed by atoms with Crippen LogP contribution in [0, 0.1) is 0 Å². The van der Waals surface area contributed by atoms with Crippen molar-refractivity contribution in [3.63, 3.8) is 0 Å². The lowest BCUT2D eigenvalue weighted by Gasteiger charge is -2.18. The molecule has 26 heavy (non-hydrogen) atoms. The predicted molar refractivity (Wildman–Crippen MR) is 100 cm³/mol. The predicted octanol–water partition coefficient (Wildman–Crippen LogP) is 2.52. The molecule has 0 saturated heterocycles. The molecule has 2 aromatic rings. The summed E-state index contributed by atoms with van der Waals surface area (Å²) >= 11 is 5.91. The lowest BCUT2D eigenvalue weighted by molar-refractivity contribution is 0.236. The lowest BCUT2D eigenvalue weighted by Crippen LogP contribution is -2.42. The Morgan fingerprint density at radius 1 is 1.08 bits per heavy atom. The summed E-state index contributed by atoms with van der Waals surface area (Å²) in [7, 11) is -3.68. The zero-order valence-electron chi connectivity index (χ0n) is 14.0. The zero-order chi connectivity index (χ0) is 18.8. The van der Waals surface area contributed by atoms with Gasteiger partial charge in [0.15, 0.2) is 0 Å². The Morgan fingerprint density at radius 3 is 2.23 bits per heavy atom. The Labute approximate surface area is 157 Å². The van der Waals surface area contributed by atoms with Crippen LogP contribution in [0.2, 0.25) is 5.02 Å². The van der Waals surface area contributed by atoms with Crippen molar-refractivity contribution in [2.75, 3.05) is 6.54 Å².